The Labute approximate surface area is 75.3 Å². The van der Waals surface area contributed by atoms with Crippen LogP contribution in [0.3, 0.4) is 0 Å². The fraction of sp³-hybridized carbons (Fsp3) is 0.889. The van der Waals surface area contributed by atoms with Crippen LogP contribution in [0, 0.1) is 5.92 Å². The number of hydrogen-bond acceptors (Lipinski definition) is 1. The first kappa shape index (κ1) is 10.5. The van der Waals surface area contributed by atoms with E-state index in [9.17, 15) is 18.0 Å². The van der Waals surface area contributed by atoms with Gasteiger partial charge in [0.2, 0.25) is 0 Å². The molecule has 0 spiro atoms. The lowest BCUT2D eigenvalue weighted by molar-refractivity contribution is -0.153. The minimum Gasteiger partial charge on any atom is -0.299 e. The second-order valence-electron chi connectivity index (χ2n) is 3.58. The standard InChI is InChI=1S/C9H13F3O/c10-9(11,12)6-7-4-2-1-3-5-8(7)13/h7H,1-6H2. The molecule has 0 heterocycles. The lowest BCUT2D eigenvalue weighted by Crippen LogP contribution is -2.21. The van der Waals surface area contributed by atoms with Crippen molar-refractivity contribution in [3.8, 4) is 0 Å². The summed E-state index contributed by atoms with van der Waals surface area (Å²) >= 11 is 0. The second-order valence-corrected chi connectivity index (χ2v) is 3.58. The molecule has 0 amide bonds. The lowest BCUT2D eigenvalue weighted by Gasteiger charge is -2.14. The van der Waals surface area contributed by atoms with E-state index in [0.717, 1.165) is 19.3 Å². The highest BCUT2D eigenvalue weighted by Crippen LogP contribution is 2.31. The van der Waals surface area contributed by atoms with Gasteiger partial charge in [-0.1, -0.05) is 12.8 Å². The molecule has 0 aromatic rings. The van der Waals surface area contributed by atoms with Crippen LogP contribution in [0.2, 0.25) is 0 Å². The predicted octanol–water partition coefficient (Wildman–Crippen LogP) is 3.09. The van der Waals surface area contributed by atoms with Gasteiger partial charge in [0, 0.05) is 12.3 Å². The molecule has 0 aromatic heterocycles. The highest BCUT2D eigenvalue weighted by molar-refractivity contribution is 5.81. The Morgan fingerprint density at radius 1 is 1.23 bits per heavy atom. The first-order chi connectivity index (χ1) is 5.99. The Balaban J connectivity index is 2.50. The van der Waals surface area contributed by atoms with Gasteiger partial charge in [0.25, 0.3) is 0 Å². The number of ketones is 1. The molecule has 1 nitrogen and oxygen atoms in total. The van der Waals surface area contributed by atoms with Crippen LogP contribution < -0.4 is 0 Å². The SMILES string of the molecule is O=C1CCCCCC1CC(F)(F)F. The van der Waals surface area contributed by atoms with Gasteiger partial charge in [0.1, 0.15) is 5.78 Å². The molecular formula is C9H13F3O. The molecule has 13 heavy (non-hydrogen) atoms. The molecule has 1 fully saturated rings. The highest BCUT2D eigenvalue weighted by atomic mass is 19.4. The van der Waals surface area contributed by atoms with Gasteiger partial charge in [-0.15, -0.1) is 0 Å². The number of alkyl halides is 3. The normalized spacial score (nSPS) is 25.8. The van der Waals surface area contributed by atoms with Crippen LogP contribution in [0.5, 0.6) is 0 Å². The summed E-state index contributed by atoms with van der Waals surface area (Å²) in [5.74, 6) is -0.961. The molecule has 0 aliphatic heterocycles. The third-order valence-electron chi connectivity index (χ3n) is 2.41. The quantitative estimate of drug-likeness (QED) is 0.586. The molecule has 0 N–H and O–H groups in total. The molecule has 1 rings (SSSR count). The van der Waals surface area contributed by atoms with Gasteiger partial charge in [-0.2, -0.15) is 13.2 Å². The van der Waals surface area contributed by atoms with Crippen molar-refractivity contribution >= 4 is 5.78 Å². The Morgan fingerprint density at radius 2 is 1.92 bits per heavy atom. The van der Waals surface area contributed by atoms with E-state index in [2.05, 4.69) is 0 Å². The number of carbonyl (C=O) groups is 1. The average molecular weight is 194 g/mol. The van der Waals surface area contributed by atoms with Gasteiger partial charge in [-0.3, -0.25) is 4.79 Å². The van der Waals surface area contributed by atoms with E-state index >= 15 is 0 Å². The fourth-order valence-corrected chi connectivity index (χ4v) is 1.73. The number of hydrogen-bond donors (Lipinski definition) is 0. The Bertz CT molecular complexity index is 186. The second kappa shape index (κ2) is 4.11. The number of rotatable bonds is 1. The summed E-state index contributed by atoms with van der Waals surface area (Å²) in [7, 11) is 0. The molecule has 1 aliphatic carbocycles. The van der Waals surface area contributed by atoms with Gasteiger partial charge in [0.15, 0.2) is 0 Å². The van der Waals surface area contributed by atoms with E-state index in [-0.39, 0.29) is 5.78 Å². The van der Waals surface area contributed by atoms with Gasteiger partial charge in [-0.25, -0.2) is 0 Å². The summed E-state index contributed by atoms with van der Waals surface area (Å²) in [6.07, 6.45) is -1.96. The summed E-state index contributed by atoms with van der Waals surface area (Å²) in [5.41, 5.74) is 0. The predicted molar refractivity (Wildman–Crippen MR) is 42.3 cm³/mol. The zero-order valence-corrected chi connectivity index (χ0v) is 7.36. The van der Waals surface area contributed by atoms with E-state index in [1.54, 1.807) is 0 Å². The Morgan fingerprint density at radius 3 is 2.54 bits per heavy atom. The first-order valence-corrected chi connectivity index (χ1v) is 4.58. The molecule has 0 bridgehead atoms. The molecule has 1 atom stereocenters. The molecule has 76 valence electrons. The van der Waals surface area contributed by atoms with Gasteiger partial charge in [0.05, 0.1) is 6.42 Å². The smallest absolute Gasteiger partial charge is 0.299 e. The Hall–Kier alpha value is -0.540. The van der Waals surface area contributed by atoms with Crippen LogP contribution in [-0.2, 0) is 4.79 Å². The molecule has 1 aliphatic rings. The van der Waals surface area contributed by atoms with Crippen molar-refractivity contribution in [2.24, 2.45) is 5.92 Å². The van der Waals surface area contributed by atoms with Crippen molar-refractivity contribution in [3.05, 3.63) is 0 Å². The number of halogens is 3. The molecule has 0 radical (unpaired) electrons. The van der Waals surface area contributed by atoms with Crippen LogP contribution in [0.1, 0.15) is 38.5 Å². The molecule has 1 saturated carbocycles. The number of carbonyl (C=O) groups excluding carboxylic acids is 1. The third-order valence-corrected chi connectivity index (χ3v) is 2.41. The summed E-state index contributed by atoms with van der Waals surface area (Å²) < 4.78 is 36.0. The van der Waals surface area contributed by atoms with E-state index in [4.69, 9.17) is 0 Å². The van der Waals surface area contributed by atoms with Crippen LogP contribution in [0.25, 0.3) is 0 Å². The van der Waals surface area contributed by atoms with Crippen molar-refractivity contribution in [1.29, 1.82) is 0 Å². The monoisotopic (exact) mass is 194 g/mol. The maximum absolute atomic E-state index is 12.0. The van der Waals surface area contributed by atoms with E-state index in [0.29, 0.717) is 12.8 Å². The van der Waals surface area contributed by atoms with Crippen LogP contribution in [-0.4, -0.2) is 12.0 Å². The third kappa shape index (κ3) is 3.79. The minimum absolute atomic E-state index is 0.199. The zero-order chi connectivity index (χ0) is 9.90. The van der Waals surface area contributed by atoms with E-state index in [1.807, 2.05) is 0 Å². The molecule has 4 heteroatoms. The lowest BCUT2D eigenvalue weighted by atomic mass is 9.95. The van der Waals surface area contributed by atoms with Crippen LogP contribution >= 0.6 is 0 Å². The van der Waals surface area contributed by atoms with Crippen molar-refractivity contribution in [1.82, 2.24) is 0 Å². The maximum Gasteiger partial charge on any atom is 0.389 e. The van der Waals surface area contributed by atoms with E-state index in [1.165, 1.54) is 0 Å². The molecule has 0 aromatic carbocycles. The molecule has 1 unspecified atom stereocenters. The van der Waals surface area contributed by atoms with Crippen molar-refractivity contribution in [2.45, 2.75) is 44.7 Å². The fourth-order valence-electron chi connectivity index (χ4n) is 1.73. The van der Waals surface area contributed by atoms with Crippen molar-refractivity contribution in [2.75, 3.05) is 0 Å². The number of Topliss-reactive ketones (excluding diaryl/α,β-unsaturated/α-hetero) is 1. The molecule has 0 saturated heterocycles. The Kier molecular flexibility index (Phi) is 3.33. The van der Waals surface area contributed by atoms with Crippen molar-refractivity contribution < 1.29 is 18.0 Å². The zero-order valence-electron chi connectivity index (χ0n) is 7.36. The summed E-state index contributed by atoms with van der Waals surface area (Å²) in [6, 6.07) is 0. The van der Waals surface area contributed by atoms with Gasteiger partial charge < -0.3 is 0 Å². The highest BCUT2D eigenvalue weighted by Gasteiger charge is 2.35. The van der Waals surface area contributed by atoms with Gasteiger partial charge >= 0.3 is 6.18 Å². The topological polar surface area (TPSA) is 17.1 Å². The summed E-state index contributed by atoms with van der Waals surface area (Å²) in [4.78, 5) is 11.2. The van der Waals surface area contributed by atoms with Crippen LogP contribution in [0.15, 0.2) is 0 Å². The average Bonchev–Trinajstić information content (AvgIpc) is 2.14. The van der Waals surface area contributed by atoms with Gasteiger partial charge in [-0.05, 0) is 12.8 Å². The van der Waals surface area contributed by atoms with E-state index < -0.39 is 18.5 Å². The van der Waals surface area contributed by atoms with Crippen LogP contribution in [0.4, 0.5) is 13.2 Å². The van der Waals surface area contributed by atoms with Crippen molar-refractivity contribution in [3.63, 3.8) is 0 Å². The molecular weight excluding hydrogens is 181 g/mol. The summed E-state index contributed by atoms with van der Waals surface area (Å²) in [6.45, 7) is 0. The summed E-state index contributed by atoms with van der Waals surface area (Å²) in [5, 5.41) is 0. The maximum atomic E-state index is 12.0. The largest absolute Gasteiger partial charge is 0.389 e. The first-order valence-electron chi connectivity index (χ1n) is 4.58. The minimum atomic E-state index is -4.19.